The molecule has 1 atom stereocenters. The SMILES string of the molecule is CCC(C)(C)C(C)(C)CCCC(C)C=O. The van der Waals surface area contributed by atoms with Crippen molar-refractivity contribution in [2.45, 2.75) is 67.2 Å². The van der Waals surface area contributed by atoms with Crippen molar-refractivity contribution in [2.24, 2.45) is 16.7 Å². The lowest BCUT2D eigenvalue weighted by molar-refractivity contribution is -0.110. The summed E-state index contributed by atoms with van der Waals surface area (Å²) in [6.45, 7) is 13.7. The van der Waals surface area contributed by atoms with Gasteiger partial charge in [-0.25, -0.2) is 0 Å². The van der Waals surface area contributed by atoms with Crippen molar-refractivity contribution in [1.82, 2.24) is 0 Å². The zero-order valence-corrected chi connectivity index (χ0v) is 11.4. The van der Waals surface area contributed by atoms with Gasteiger partial charge in [0.05, 0.1) is 0 Å². The van der Waals surface area contributed by atoms with Crippen LogP contribution in [0.2, 0.25) is 0 Å². The molecule has 0 saturated heterocycles. The van der Waals surface area contributed by atoms with E-state index in [4.69, 9.17) is 0 Å². The van der Waals surface area contributed by atoms with E-state index in [0.29, 0.717) is 10.8 Å². The lowest BCUT2D eigenvalue weighted by Gasteiger charge is -2.41. The van der Waals surface area contributed by atoms with E-state index >= 15 is 0 Å². The van der Waals surface area contributed by atoms with Crippen LogP contribution in [0.25, 0.3) is 0 Å². The number of aldehydes is 1. The van der Waals surface area contributed by atoms with Crippen molar-refractivity contribution in [3.8, 4) is 0 Å². The van der Waals surface area contributed by atoms with Crippen LogP contribution in [-0.4, -0.2) is 6.29 Å². The first-order valence-electron chi connectivity index (χ1n) is 6.22. The van der Waals surface area contributed by atoms with Crippen molar-refractivity contribution in [2.75, 3.05) is 0 Å². The number of rotatable bonds is 7. The summed E-state index contributed by atoms with van der Waals surface area (Å²) < 4.78 is 0. The van der Waals surface area contributed by atoms with Gasteiger partial charge >= 0.3 is 0 Å². The summed E-state index contributed by atoms with van der Waals surface area (Å²) in [4.78, 5) is 10.5. The Bertz CT molecular complexity index is 192. The minimum Gasteiger partial charge on any atom is -0.303 e. The van der Waals surface area contributed by atoms with Gasteiger partial charge in [-0.3, -0.25) is 0 Å². The smallest absolute Gasteiger partial charge is 0.122 e. The molecule has 0 fully saturated rings. The molecule has 0 N–H and O–H groups in total. The minimum atomic E-state index is 0.227. The average Bonchev–Trinajstić information content (AvgIpc) is 2.16. The molecule has 0 radical (unpaired) electrons. The van der Waals surface area contributed by atoms with E-state index in [1.807, 2.05) is 6.92 Å². The first kappa shape index (κ1) is 14.7. The molecule has 90 valence electrons. The zero-order valence-electron chi connectivity index (χ0n) is 11.4. The van der Waals surface area contributed by atoms with E-state index in [1.54, 1.807) is 0 Å². The Morgan fingerprint density at radius 3 is 2.07 bits per heavy atom. The van der Waals surface area contributed by atoms with E-state index in [9.17, 15) is 4.79 Å². The third-order valence-corrected chi connectivity index (χ3v) is 4.41. The van der Waals surface area contributed by atoms with E-state index < -0.39 is 0 Å². The Labute approximate surface area is 95.6 Å². The van der Waals surface area contributed by atoms with Gasteiger partial charge in [-0.05, 0) is 23.7 Å². The zero-order chi connectivity index (χ0) is 12.1. The van der Waals surface area contributed by atoms with Crippen molar-refractivity contribution in [3.63, 3.8) is 0 Å². The highest BCUT2D eigenvalue weighted by molar-refractivity contribution is 5.52. The molecule has 1 nitrogen and oxygen atoms in total. The molecular formula is C14H28O. The lowest BCUT2D eigenvalue weighted by Crippen LogP contribution is -2.31. The Kier molecular flexibility index (Phi) is 5.55. The van der Waals surface area contributed by atoms with Gasteiger partial charge in [0.15, 0.2) is 0 Å². The van der Waals surface area contributed by atoms with Crippen LogP contribution in [0.15, 0.2) is 0 Å². The summed E-state index contributed by atoms with van der Waals surface area (Å²) >= 11 is 0. The molecule has 0 bridgehead atoms. The van der Waals surface area contributed by atoms with Crippen LogP contribution in [0.4, 0.5) is 0 Å². The van der Waals surface area contributed by atoms with Crippen LogP contribution in [0, 0.1) is 16.7 Å². The minimum absolute atomic E-state index is 0.227. The predicted octanol–water partition coefficient (Wildman–Crippen LogP) is 4.45. The van der Waals surface area contributed by atoms with E-state index in [0.717, 1.165) is 19.1 Å². The first-order valence-corrected chi connectivity index (χ1v) is 6.22. The third kappa shape index (κ3) is 4.36. The third-order valence-electron chi connectivity index (χ3n) is 4.41. The van der Waals surface area contributed by atoms with Crippen LogP contribution in [-0.2, 0) is 4.79 Å². The highest BCUT2D eigenvalue weighted by atomic mass is 16.1. The van der Waals surface area contributed by atoms with Crippen molar-refractivity contribution in [1.29, 1.82) is 0 Å². The Morgan fingerprint density at radius 1 is 1.13 bits per heavy atom. The maximum absolute atomic E-state index is 10.5. The highest BCUT2D eigenvalue weighted by Crippen LogP contribution is 2.44. The van der Waals surface area contributed by atoms with Crippen LogP contribution in [0.3, 0.4) is 0 Å². The second-order valence-electron chi connectivity index (χ2n) is 6.13. The van der Waals surface area contributed by atoms with E-state index in [2.05, 4.69) is 34.6 Å². The van der Waals surface area contributed by atoms with Gasteiger partial charge in [-0.15, -0.1) is 0 Å². The molecule has 0 saturated carbocycles. The first-order chi connectivity index (χ1) is 6.77. The summed E-state index contributed by atoms with van der Waals surface area (Å²) in [5.41, 5.74) is 0.752. The molecule has 1 unspecified atom stereocenters. The van der Waals surface area contributed by atoms with Crippen molar-refractivity contribution >= 4 is 6.29 Å². The van der Waals surface area contributed by atoms with Gasteiger partial charge in [0.1, 0.15) is 6.29 Å². The molecule has 0 spiro atoms. The number of hydrogen-bond donors (Lipinski definition) is 0. The molecule has 0 aliphatic carbocycles. The monoisotopic (exact) mass is 212 g/mol. The number of carbonyl (C=O) groups excluding carboxylic acids is 1. The number of hydrogen-bond acceptors (Lipinski definition) is 1. The largest absolute Gasteiger partial charge is 0.303 e. The second kappa shape index (κ2) is 5.67. The Balaban J connectivity index is 4.10. The van der Waals surface area contributed by atoms with Crippen molar-refractivity contribution in [3.05, 3.63) is 0 Å². The van der Waals surface area contributed by atoms with Gasteiger partial charge in [-0.2, -0.15) is 0 Å². The quantitative estimate of drug-likeness (QED) is 0.570. The fourth-order valence-corrected chi connectivity index (χ4v) is 1.75. The normalized spacial score (nSPS) is 15.1. The maximum atomic E-state index is 10.5. The summed E-state index contributed by atoms with van der Waals surface area (Å²) in [6.07, 6.45) is 5.69. The van der Waals surface area contributed by atoms with Gasteiger partial charge in [-0.1, -0.05) is 54.4 Å². The predicted molar refractivity (Wildman–Crippen MR) is 66.9 cm³/mol. The fourth-order valence-electron chi connectivity index (χ4n) is 1.75. The van der Waals surface area contributed by atoms with Gasteiger partial charge in [0.25, 0.3) is 0 Å². The van der Waals surface area contributed by atoms with Crippen LogP contribution < -0.4 is 0 Å². The number of carbonyl (C=O) groups is 1. The fraction of sp³-hybridized carbons (Fsp3) is 0.929. The summed E-state index contributed by atoms with van der Waals surface area (Å²) in [5.74, 6) is 0.227. The summed E-state index contributed by atoms with van der Waals surface area (Å²) in [7, 11) is 0. The van der Waals surface area contributed by atoms with Crippen LogP contribution in [0.5, 0.6) is 0 Å². The van der Waals surface area contributed by atoms with Gasteiger partial charge in [0.2, 0.25) is 0 Å². The summed E-state index contributed by atoms with van der Waals surface area (Å²) in [5, 5.41) is 0. The average molecular weight is 212 g/mol. The standard InChI is InChI=1S/C14H28O/c1-7-13(3,4)14(5,6)10-8-9-12(2)11-15/h11-12H,7-10H2,1-6H3. The van der Waals surface area contributed by atoms with Gasteiger partial charge < -0.3 is 4.79 Å². The molecular weight excluding hydrogens is 184 g/mol. The maximum Gasteiger partial charge on any atom is 0.122 e. The van der Waals surface area contributed by atoms with E-state index in [-0.39, 0.29) is 5.92 Å². The molecule has 0 aromatic heterocycles. The van der Waals surface area contributed by atoms with Crippen LogP contribution >= 0.6 is 0 Å². The molecule has 0 heterocycles. The Morgan fingerprint density at radius 2 is 1.67 bits per heavy atom. The summed E-state index contributed by atoms with van der Waals surface area (Å²) in [6, 6.07) is 0. The molecule has 0 amide bonds. The van der Waals surface area contributed by atoms with Crippen LogP contribution in [0.1, 0.15) is 67.2 Å². The molecule has 0 aliphatic heterocycles. The molecule has 1 heteroatoms. The topological polar surface area (TPSA) is 17.1 Å². The van der Waals surface area contributed by atoms with Crippen molar-refractivity contribution < 1.29 is 4.79 Å². The second-order valence-corrected chi connectivity index (χ2v) is 6.13. The Hall–Kier alpha value is -0.330. The molecule has 0 aromatic carbocycles. The van der Waals surface area contributed by atoms with Gasteiger partial charge in [0, 0.05) is 5.92 Å². The lowest BCUT2D eigenvalue weighted by atomic mass is 9.64. The highest BCUT2D eigenvalue weighted by Gasteiger charge is 2.34. The molecule has 0 aromatic rings. The van der Waals surface area contributed by atoms with E-state index in [1.165, 1.54) is 12.8 Å². The molecule has 0 aliphatic rings. The molecule has 0 rings (SSSR count). The molecule has 15 heavy (non-hydrogen) atoms.